The van der Waals surface area contributed by atoms with Crippen LogP contribution in [0, 0.1) is 0 Å². The quantitative estimate of drug-likeness (QED) is 0.463. The van der Waals surface area contributed by atoms with Crippen LogP contribution in [0.1, 0.15) is 13.3 Å². The molecule has 0 fully saturated rings. The van der Waals surface area contributed by atoms with Gasteiger partial charge in [-0.1, -0.05) is 0 Å². The predicted molar refractivity (Wildman–Crippen MR) is 37.8 cm³/mol. The topological polar surface area (TPSA) is 106 Å². The molecule has 0 aliphatic heterocycles. The Bertz CT molecular complexity index is 187. The molecule has 0 amide bonds. The first-order valence-corrected chi connectivity index (χ1v) is 4.32. The third-order valence-electron chi connectivity index (χ3n) is 0.987. The highest BCUT2D eigenvalue weighted by Gasteiger charge is 2.18. The van der Waals surface area contributed by atoms with E-state index >= 15 is 0 Å². The van der Waals surface area contributed by atoms with Crippen LogP contribution in [0.4, 0.5) is 0 Å². The number of rotatable bonds is 3. The molecule has 0 radical (unpaired) electrons. The van der Waals surface area contributed by atoms with Crippen molar-refractivity contribution in [2.75, 3.05) is 0 Å². The Labute approximate surface area is 60.1 Å². The summed E-state index contributed by atoms with van der Waals surface area (Å²) in [5, 5.41) is -1.26. The first-order valence-electron chi connectivity index (χ1n) is 2.81. The molecule has 0 aliphatic rings. The van der Waals surface area contributed by atoms with Gasteiger partial charge in [0.15, 0.2) is 0 Å². The highest BCUT2D eigenvalue weighted by molar-refractivity contribution is 7.86. The molecule has 0 saturated carbocycles. The van der Waals surface area contributed by atoms with Gasteiger partial charge in [-0.2, -0.15) is 8.42 Å². The van der Waals surface area contributed by atoms with Crippen molar-refractivity contribution in [3.63, 3.8) is 0 Å². The molecule has 0 aromatic rings. The highest BCUT2D eigenvalue weighted by Crippen LogP contribution is 1.98. The van der Waals surface area contributed by atoms with Gasteiger partial charge in [0.1, 0.15) is 5.37 Å². The zero-order valence-corrected chi connectivity index (χ0v) is 6.50. The van der Waals surface area contributed by atoms with Crippen LogP contribution in [0.3, 0.4) is 0 Å². The Morgan fingerprint density at radius 3 is 2.00 bits per heavy atom. The molecule has 2 atom stereocenters. The van der Waals surface area contributed by atoms with Gasteiger partial charge < -0.3 is 11.5 Å². The Balaban J connectivity index is 3.99. The van der Waals surface area contributed by atoms with Crippen LogP contribution in [0.25, 0.3) is 0 Å². The van der Waals surface area contributed by atoms with Gasteiger partial charge in [0.2, 0.25) is 0 Å². The lowest BCUT2D eigenvalue weighted by Crippen LogP contribution is -2.35. The fraction of sp³-hybridized carbons (Fsp3) is 1.00. The average molecular weight is 168 g/mol. The molecule has 6 heteroatoms. The molecule has 10 heavy (non-hydrogen) atoms. The van der Waals surface area contributed by atoms with E-state index in [-0.39, 0.29) is 12.5 Å². The fourth-order valence-electron chi connectivity index (χ4n) is 0.488. The zero-order chi connectivity index (χ0) is 8.36. The Hall–Kier alpha value is -0.170. The minimum absolute atomic E-state index is 0.0683. The normalized spacial score (nSPS) is 18.4. The average Bonchev–Trinajstić information content (AvgIpc) is 1.60. The van der Waals surface area contributed by atoms with E-state index < -0.39 is 15.5 Å². The van der Waals surface area contributed by atoms with Gasteiger partial charge in [0.25, 0.3) is 10.1 Å². The summed E-state index contributed by atoms with van der Waals surface area (Å²) in [5.74, 6) is 0. The van der Waals surface area contributed by atoms with Crippen molar-refractivity contribution < 1.29 is 13.0 Å². The summed E-state index contributed by atoms with van der Waals surface area (Å²) in [6.07, 6.45) is 0.0683. The van der Waals surface area contributed by atoms with Crippen molar-refractivity contribution in [1.29, 1.82) is 0 Å². The fourth-order valence-corrected chi connectivity index (χ4v) is 1.03. The van der Waals surface area contributed by atoms with Crippen LogP contribution in [0.15, 0.2) is 0 Å². The van der Waals surface area contributed by atoms with Crippen molar-refractivity contribution in [2.45, 2.75) is 24.8 Å². The van der Waals surface area contributed by atoms with Crippen molar-refractivity contribution >= 4 is 10.1 Å². The highest BCUT2D eigenvalue weighted by atomic mass is 32.2. The summed E-state index contributed by atoms with van der Waals surface area (Å²) in [4.78, 5) is 0. The van der Waals surface area contributed by atoms with E-state index in [0.29, 0.717) is 0 Å². The van der Waals surface area contributed by atoms with Crippen LogP contribution in [-0.2, 0) is 10.1 Å². The van der Waals surface area contributed by atoms with Gasteiger partial charge in [0, 0.05) is 6.04 Å². The van der Waals surface area contributed by atoms with Crippen molar-refractivity contribution in [1.82, 2.24) is 0 Å². The van der Waals surface area contributed by atoms with Crippen LogP contribution in [-0.4, -0.2) is 24.4 Å². The molecule has 0 aromatic heterocycles. The van der Waals surface area contributed by atoms with E-state index in [9.17, 15) is 8.42 Å². The van der Waals surface area contributed by atoms with Crippen LogP contribution in [0.2, 0.25) is 0 Å². The number of hydrogen-bond acceptors (Lipinski definition) is 4. The molecule has 62 valence electrons. The summed E-state index contributed by atoms with van der Waals surface area (Å²) in [6.45, 7) is 1.62. The van der Waals surface area contributed by atoms with E-state index in [4.69, 9.17) is 16.0 Å². The first kappa shape index (κ1) is 9.83. The van der Waals surface area contributed by atoms with Crippen LogP contribution >= 0.6 is 0 Å². The maximum Gasteiger partial charge on any atom is 0.280 e. The molecule has 0 bridgehead atoms. The van der Waals surface area contributed by atoms with Gasteiger partial charge in [-0.15, -0.1) is 0 Å². The molecular formula is C4H12N2O3S. The largest absolute Gasteiger partial charge is 0.328 e. The van der Waals surface area contributed by atoms with Crippen molar-refractivity contribution in [3.8, 4) is 0 Å². The molecule has 0 spiro atoms. The molecule has 0 heterocycles. The van der Waals surface area contributed by atoms with E-state index in [0.717, 1.165) is 0 Å². The Morgan fingerprint density at radius 1 is 1.50 bits per heavy atom. The minimum Gasteiger partial charge on any atom is -0.328 e. The molecule has 0 aromatic carbocycles. The molecule has 0 rings (SSSR count). The second-order valence-corrected chi connectivity index (χ2v) is 3.90. The molecule has 5 nitrogen and oxygen atoms in total. The maximum absolute atomic E-state index is 10.2. The zero-order valence-electron chi connectivity index (χ0n) is 5.69. The first-order chi connectivity index (χ1) is 4.34. The number of hydrogen-bond donors (Lipinski definition) is 3. The standard InChI is InChI=1S/C4H12N2O3S/c1-3(5)2-4(6)10(7,8)9/h3-4H,2,5-6H2,1H3,(H,7,8,9). The monoisotopic (exact) mass is 168 g/mol. The number of nitrogens with two attached hydrogens (primary N) is 2. The lowest BCUT2D eigenvalue weighted by molar-refractivity contribution is 0.457. The molecule has 5 N–H and O–H groups in total. The molecule has 0 saturated heterocycles. The summed E-state index contributed by atoms with van der Waals surface area (Å²) in [6, 6.07) is -0.322. The predicted octanol–water partition coefficient (Wildman–Crippen LogP) is -1.10. The van der Waals surface area contributed by atoms with Crippen molar-refractivity contribution in [2.24, 2.45) is 11.5 Å². The van der Waals surface area contributed by atoms with E-state index in [1.165, 1.54) is 0 Å². The van der Waals surface area contributed by atoms with E-state index in [1.807, 2.05) is 0 Å². The van der Waals surface area contributed by atoms with Gasteiger partial charge in [0.05, 0.1) is 0 Å². The maximum atomic E-state index is 10.2. The second kappa shape index (κ2) is 3.29. The summed E-state index contributed by atoms with van der Waals surface area (Å²) in [5.41, 5.74) is 10.3. The lowest BCUT2D eigenvalue weighted by Gasteiger charge is -2.09. The lowest BCUT2D eigenvalue weighted by atomic mass is 10.2. The summed E-state index contributed by atoms with van der Waals surface area (Å²) >= 11 is 0. The van der Waals surface area contributed by atoms with Gasteiger partial charge in [-0.3, -0.25) is 4.55 Å². The molecule has 0 aliphatic carbocycles. The van der Waals surface area contributed by atoms with E-state index in [2.05, 4.69) is 0 Å². The smallest absolute Gasteiger partial charge is 0.280 e. The Morgan fingerprint density at radius 2 is 1.90 bits per heavy atom. The third-order valence-corrected chi connectivity index (χ3v) is 1.94. The van der Waals surface area contributed by atoms with E-state index in [1.54, 1.807) is 6.92 Å². The summed E-state index contributed by atoms with van der Waals surface area (Å²) < 4.78 is 28.8. The molecule has 2 unspecified atom stereocenters. The van der Waals surface area contributed by atoms with Gasteiger partial charge >= 0.3 is 0 Å². The minimum atomic E-state index is -4.10. The van der Waals surface area contributed by atoms with Crippen LogP contribution < -0.4 is 11.5 Å². The van der Waals surface area contributed by atoms with Crippen LogP contribution in [0.5, 0.6) is 0 Å². The van der Waals surface area contributed by atoms with Crippen molar-refractivity contribution in [3.05, 3.63) is 0 Å². The third kappa shape index (κ3) is 3.78. The Kier molecular flexibility index (Phi) is 3.23. The van der Waals surface area contributed by atoms with Gasteiger partial charge in [-0.05, 0) is 13.3 Å². The summed E-state index contributed by atoms with van der Waals surface area (Å²) in [7, 11) is -4.10. The second-order valence-electron chi connectivity index (χ2n) is 2.27. The van der Waals surface area contributed by atoms with Gasteiger partial charge in [-0.25, -0.2) is 0 Å². The SMILES string of the molecule is CC(N)CC(N)S(=O)(=O)O. The molecular weight excluding hydrogens is 156 g/mol.